The maximum Gasteiger partial charge on any atom is 0.264 e. The summed E-state index contributed by atoms with van der Waals surface area (Å²) in [6.45, 7) is 7.37. The van der Waals surface area contributed by atoms with E-state index in [-0.39, 0.29) is 4.90 Å². The molecule has 0 saturated heterocycles. The van der Waals surface area contributed by atoms with E-state index in [1.54, 1.807) is 49.0 Å². The van der Waals surface area contributed by atoms with Gasteiger partial charge in [0.1, 0.15) is 6.54 Å². The molecule has 3 rings (SSSR count). The standard InChI is InChI=1S/C22H25ClN4O3S3/c1-14(2)13-31-22-26-25-21(32-22)24-20(28)12-27(19-7-5-6-18(23)16(19)4)33(29,30)17-10-8-15(3)9-11-17/h5-11,14H,12-13H2,1-4H3,(H,24,25,28). The Bertz CT molecular complexity index is 1230. The zero-order chi connectivity index (χ0) is 24.2. The number of aryl methyl sites for hydroxylation is 1. The van der Waals surface area contributed by atoms with Crippen molar-refractivity contribution in [2.45, 2.75) is 36.9 Å². The van der Waals surface area contributed by atoms with Crippen LogP contribution in [0.1, 0.15) is 25.0 Å². The van der Waals surface area contributed by atoms with Gasteiger partial charge in [-0.3, -0.25) is 14.4 Å². The molecule has 0 fully saturated rings. The van der Waals surface area contributed by atoms with Gasteiger partial charge in [0.15, 0.2) is 4.34 Å². The number of hydrogen-bond acceptors (Lipinski definition) is 7. The number of carbonyl (C=O) groups excluding carboxylic acids is 1. The van der Waals surface area contributed by atoms with Gasteiger partial charge < -0.3 is 0 Å². The summed E-state index contributed by atoms with van der Waals surface area (Å²) in [6.07, 6.45) is 0. The van der Waals surface area contributed by atoms with Crippen LogP contribution in [0.5, 0.6) is 0 Å². The highest BCUT2D eigenvalue weighted by Gasteiger charge is 2.29. The summed E-state index contributed by atoms with van der Waals surface area (Å²) in [5.74, 6) is 0.860. The lowest BCUT2D eigenvalue weighted by Gasteiger charge is -2.25. The molecule has 3 aromatic rings. The van der Waals surface area contributed by atoms with Crippen LogP contribution in [0.15, 0.2) is 51.7 Å². The molecule has 0 aliphatic carbocycles. The SMILES string of the molecule is Cc1ccc(S(=O)(=O)N(CC(=O)Nc2nnc(SCC(C)C)s2)c2cccc(Cl)c2C)cc1. The zero-order valence-corrected chi connectivity index (χ0v) is 21.9. The minimum atomic E-state index is -4.03. The number of nitrogens with zero attached hydrogens (tertiary/aromatic N) is 3. The summed E-state index contributed by atoms with van der Waals surface area (Å²) in [6, 6.07) is 11.4. The zero-order valence-electron chi connectivity index (χ0n) is 18.7. The molecular formula is C22H25ClN4O3S3. The van der Waals surface area contributed by atoms with E-state index >= 15 is 0 Å². The van der Waals surface area contributed by atoms with Crippen LogP contribution in [0.2, 0.25) is 5.02 Å². The fourth-order valence-corrected chi connectivity index (χ4v) is 6.24. The van der Waals surface area contributed by atoms with E-state index in [4.69, 9.17) is 11.6 Å². The fraction of sp³-hybridized carbons (Fsp3) is 0.318. The van der Waals surface area contributed by atoms with Crippen LogP contribution >= 0.6 is 34.7 Å². The van der Waals surface area contributed by atoms with Gasteiger partial charge in [0, 0.05) is 10.8 Å². The van der Waals surface area contributed by atoms with E-state index in [1.165, 1.54) is 23.5 Å². The van der Waals surface area contributed by atoms with E-state index in [0.717, 1.165) is 20.0 Å². The Hall–Kier alpha value is -2.14. The van der Waals surface area contributed by atoms with Crippen LogP contribution in [0.25, 0.3) is 0 Å². The molecule has 0 unspecified atom stereocenters. The van der Waals surface area contributed by atoms with Crippen molar-refractivity contribution >= 4 is 61.4 Å². The van der Waals surface area contributed by atoms with Gasteiger partial charge in [-0.25, -0.2) is 8.42 Å². The van der Waals surface area contributed by atoms with Crippen LogP contribution in [0.3, 0.4) is 0 Å². The smallest absolute Gasteiger partial charge is 0.264 e. The van der Waals surface area contributed by atoms with Gasteiger partial charge in [0.25, 0.3) is 10.0 Å². The number of aromatic nitrogens is 2. The summed E-state index contributed by atoms with van der Waals surface area (Å²) >= 11 is 9.08. The first-order chi connectivity index (χ1) is 15.6. The maximum atomic E-state index is 13.5. The number of benzene rings is 2. The molecule has 11 heteroatoms. The number of hydrogen-bond donors (Lipinski definition) is 1. The first-order valence-corrected chi connectivity index (χ1v) is 13.8. The average molecular weight is 525 g/mol. The monoisotopic (exact) mass is 524 g/mol. The molecule has 0 bridgehead atoms. The molecular weight excluding hydrogens is 500 g/mol. The van der Waals surface area contributed by atoms with Crippen molar-refractivity contribution < 1.29 is 13.2 Å². The van der Waals surface area contributed by atoms with Gasteiger partial charge in [0.05, 0.1) is 10.6 Å². The Morgan fingerprint density at radius 3 is 2.52 bits per heavy atom. The number of amides is 1. The van der Waals surface area contributed by atoms with Gasteiger partial charge in [-0.15, -0.1) is 10.2 Å². The Balaban J connectivity index is 1.88. The molecule has 0 aliphatic rings. The van der Waals surface area contributed by atoms with E-state index < -0.39 is 22.5 Å². The fourth-order valence-electron chi connectivity index (χ4n) is 2.85. The molecule has 0 radical (unpaired) electrons. The Morgan fingerprint density at radius 1 is 1.15 bits per heavy atom. The van der Waals surface area contributed by atoms with Gasteiger partial charge >= 0.3 is 0 Å². The van der Waals surface area contributed by atoms with Crippen molar-refractivity contribution in [3.8, 4) is 0 Å². The van der Waals surface area contributed by atoms with Crippen molar-refractivity contribution in [1.82, 2.24) is 10.2 Å². The number of nitrogens with one attached hydrogen (secondary N) is 1. The molecule has 33 heavy (non-hydrogen) atoms. The highest BCUT2D eigenvalue weighted by Crippen LogP contribution is 2.31. The molecule has 1 heterocycles. The van der Waals surface area contributed by atoms with E-state index in [9.17, 15) is 13.2 Å². The second-order valence-electron chi connectivity index (χ2n) is 7.83. The lowest BCUT2D eigenvalue weighted by Crippen LogP contribution is -2.38. The van der Waals surface area contributed by atoms with Crippen LogP contribution < -0.4 is 9.62 Å². The summed E-state index contributed by atoms with van der Waals surface area (Å²) in [5, 5.41) is 11.5. The predicted molar refractivity (Wildman–Crippen MR) is 136 cm³/mol. The van der Waals surface area contributed by atoms with Crippen LogP contribution in [-0.2, 0) is 14.8 Å². The summed E-state index contributed by atoms with van der Waals surface area (Å²) < 4.78 is 28.9. The Labute approximate surface area is 207 Å². The molecule has 0 atom stereocenters. The predicted octanol–water partition coefficient (Wildman–Crippen LogP) is 5.39. The van der Waals surface area contributed by atoms with Crippen molar-refractivity contribution in [3.63, 3.8) is 0 Å². The topological polar surface area (TPSA) is 92.3 Å². The third-order valence-electron chi connectivity index (χ3n) is 4.60. The van der Waals surface area contributed by atoms with Gasteiger partial charge in [0.2, 0.25) is 11.0 Å². The first kappa shape index (κ1) is 25.5. The lowest BCUT2D eigenvalue weighted by atomic mass is 10.2. The minimum Gasteiger partial charge on any atom is -0.299 e. The van der Waals surface area contributed by atoms with Crippen LogP contribution in [-0.4, -0.2) is 36.8 Å². The number of sulfonamides is 1. The molecule has 1 amide bonds. The highest BCUT2D eigenvalue weighted by molar-refractivity contribution is 8.01. The van der Waals surface area contributed by atoms with E-state index in [0.29, 0.717) is 27.3 Å². The maximum absolute atomic E-state index is 13.5. The normalized spacial score (nSPS) is 11.6. The Morgan fingerprint density at radius 2 is 1.85 bits per heavy atom. The van der Waals surface area contributed by atoms with Crippen molar-refractivity contribution in [2.24, 2.45) is 5.92 Å². The number of rotatable bonds is 9. The summed E-state index contributed by atoms with van der Waals surface area (Å²) in [4.78, 5) is 13.0. The van der Waals surface area contributed by atoms with Crippen molar-refractivity contribution in [2.75, 3.05) is 21.9 Å². The number of carbonyl (C=O) groups is 1. The Kier molecular flexibility index (Phi) is 8.38. The number of thioether (sulfide) groups is 1. The molecule has 176 valence electrons. The summed E-state index contributed by atoms with van der Waals surface area (Å²) in [5.41, 5.74) is 1.83. The molecule has 0 spiro atoms. The van der Waals surface area contributed by atoms with Crippen molar-refractivity contribution in [3.05, 3.63) is 58.6 Å². The third kappa shape index (κ3) is 6.47. The second-order valence-corrected chi connectivity index (χ2v) is 12.3. The molecule has 0 saturated carbocycles. The first-order valence-electron chi connectivity index (χ1n) is 10.2. The lowest BCUT2D eigenvalue weighted by molar-refractivity contribution is -0.114. The molecule has 7 nitrogen and oxygen atoms in total. The molecule has 1 N–H and O–H groups in total. The average Bonchev–Trinajstić information content (AvgIpc) is 3.20. The van der Waals surface area contributed by atoms with Crippen LogP contribution in [0.4, 0.5) is 10.8 Å². The van der Waals surface area contributed by atoms with E-state index in [2.05, 4.69) is 29.4 Å². The molecule has 0 aliphatic heterocycles. The van der Waals surface area contributed by atoms with Crippen LogP contribution in [0, 0.1) is 19.8 Å². The molecule has 1 aromatic heterocycles. The quantitative estimate of drug-likeness (QED) is 0.298. The third-order valence-corrected chi connectivity index (χ3v) is 9.18. The number of halogens is 1. The molecule has 2 aromatic carbocycles. The van der Waals surface area contributed by atoms with Gasteiger partial charge in [-0.05, 0) is 49.6 Å². The highest BCUT2D eigenvalue weighted by atomic mass is 35.5. The number of anilines is 2. The van der Waals surface area contributed by atoms with E-state index in [1.807, 2.05) is 6.92 Å². The largest absolute Gasteiger partial charge is 0.299 e. The van der Waals surface area contributed by atoms with Gasteiger partial charge in [-0.2, -0.15) is 0 Å². The minimum absolute atomic E-state index is 0.0866. The van der Waals surface area contributed by atoms with Gasteiger partial charge in [-0.1, -0.05) is 72.3 Å². The van der Waals surface area contributed by atoms with Crippen molar-refractivity contribution in [1.29, 1.82) is 0 Å². The summed E-state index contributed by atoms with van der Waals surface area (Å²) in [7, 11) is -4.03. The second kappa shape index (κ2) is 10.9.